The van der Waals surface area contributed by atoms with Crippen LogP contribution in [0.2, 0.25) is 0 Å². The largest absolute Gasteiger partial charge is 0.456 e. The summed E-state index contributed by atoms with van der Waals surface area (Å²) in [6.45, 7) is 0. The molecule has 49 heavy (non-hydrogen) atoms. The predicted molar refractivity (Wildman–Crippen MR) is 201 cm³/mol. The van der Waals surface area contributed by atoms with E-state index in [1.807, 2.05) is 36.4 Å². The van der Waals surface area contributed by atoms with E-state index in [1.54, 1.807) is 0 Å². The lowest BCUT2D eigenvalue weighted by Gasteiger charge is -2.14. The fourth-order valence-electron chi connectivity index (χ4n) is 7.25. The highest BCUT2D eigenvalue weighted by Crippen LogP contribution is 2.40. The lowest BCUT2D eigenvalue weighted by Crippen LogP contribution is -2.01. The minimum absolute atomic E-state index is 0.623. The zero-order chi connectivity index (χ0) is 32.3. The van der Waals surface area contributed by atoms with E-state index in [-0.39, 0.29) is 0 Å². The lowest BCUT2D eigenvalue weighted by atomic mass is 9.93. The van der Waals surface area contributed by atoms with E-state index in [0.717, 1.165) is 60.5 Å². The third-order valence-corrected chi connectivity index (χ3v) is 9.49. The fraction of sp³-hybridized carbons (Fsp3) is 0. The molecule has 0 atom stereocenters. The van der Waals surface area contributed by atoms with Crippen LogP contribution in [0.15, 0.2) is 168 Å². The van der Waals surface area contributed by atoms with Crippen LogP contribution in [0.4, 0.5) is 0 Å². The van der Waals surface area contributed by atoms with Crippen LogP contribution >= 0.6 is 0 Å². The van der Waals surface area contributed by atoms with Gasteiger partial charge in [0.2, 0.25) is 0 Å². The number of rotatable bonds is 4. The van der Waals surface area contributed by atoms with Crippen molar-refractivity contribution in [3.63, 3.8) is 0 Å². The van der Waals surface area contributed by atoms with Gasteiger partial charge in [0.05, 0.1) is 0 Å². The third-order valence-electron chi connectivity index (χ3n) is 9.49. The van der Waals surface area contributed by atoms with Crippen molar-refractivity contribution in [2.75, 3.05) is 0 Å². The molecule has 228 valence electrons. The number of hydrogen-bond donors (Lipinski definition) is 0. The molecule has 0 spiro atoms. The molecule has 0 fully saturated rings. The number of para-hydroxylation sites is 1. The summed E-state index contributed by atoms with van der Waals surface area (Å²) in [5, 5.41) is 9.34. The van der Waals surface area contributed by atoms with Crippen LogP contribution in [0.3, 0.4) is 0 Å². The monoisotopic (exact) mass is 625 g/mol. The van der Waals surface area contributed by atoms with Crippen LogP contribution in [0.5, 0.6) is 0 Å². The van der Waals surface area contributed by atoms with Gasteiger partial charge in [-0.15, -0.1) is 0 Å². The van der Waals surface area contributed by atoms with Gasteiger partial charge in [-0.05, 0) is 67.7 Å². The van der Waals surface area contributed by atoms with Crippen molar-refractivity contribution in [1.82, 2.24) is 15.0 Å². The number of aromatic nitrogens is 3. The highest BCUT2D eigenvalue weighted by Gasteiger charge is 2.18. The zero-order valence-corrected chi connectivity index (χ0v) is 26.3. The molecule has 0 N–H and O–H groups in total. The molecule has 0 aliphatic rings. The molecule has 0 saturated carbocycles. The molecule has 10 aromatic rings. The second kappa shape index (κ2) is 11.0. The SMILES string of the molecule is c1ccc(-c2nc(-c3cccc(-c4cccc5oc6ccccc6c45)c3)nc(-c3cc4ccc5ccccc5c4c4ccccc34)n2)cc1. The zero-order valence-electron chi connectivity index (χ0n) is 26.3. The summed E-state index contributed by atoms with van der Waals surface area (Å²) >= 11 is 0. The van der Waals surface area contributed by atoms with Crippen molar-refractivity contribution in [1.29, 1.82) is 0 Å². The van der Waals surface area contributed by atoms with Gasteiger partial charge in [-0.3, -0.25) is 0 Å². The van der Waals surface area contributed by atoms with E-state index < -0.39 is 0 Å². The summed E-state index contributed by atoms with van der Waals surface area (Å²) in [7, 11) is 0. The van der Waals surface area contributed by atoms with E-state index in [2.05, 4.69) is 127 Å². The van der Waals surface area contributed by atoms with Crippen LogP contribution in [0, 0.1) is 0 Å². The summed E-state index contributed by atoms with van der Waals surface area (Å²) in [5.41, 5.74) is 6.76. The van der Waals surface area contributed by atoms with Gasteiger partial charge in [-0.25, -0.2) is 15.0 Å². The fourth-order valence-corrected chi connectivity index (χ4v) is 7.25. The van der Waals surface area contributed by atoms with Crippen LogP contribution in [-0.2, 0) is 0 Å². The summed E-state index contributed by atoms with van der Waals surface area (Å²) in [6, 6.07) is 56.9. The van der Waals surface area contributed by atoms with Crippen molar-refractivity contribution in [2.24, 2.45) is 0 Å². The van der Waals surface area contributed by atoms with Crippen LogP contribution in [-0.4, -0.2) is 15.0 Å². The van der Waals surface area contributed by atoms with Crippen molar-refractivity contribution in [3.8, 4) is 45.3 Å². The Bertz CT molecular complexity index is 2890. The maximum atomic E-state index is 6.22. The highest BCUT2D eigenvalue weighted by molar-refractivity contribution is 6.23. The first-order chi connectivity index (χ1) is 24.3. The van der Waals surface area contributed by atoms with E-state index in [1.165, 1.54) is 21.5 Å². The standard InChI is InChI=1S/C45H27N3O/c1-2-13-29(14-3-1)43-46-44(32-16-10-15-30(26-32)34-21-11-23-40-42(34)37-20-8-9-22-39(37)49-40)48-45(47-43)38-27-31-25-24-28-12-4-5-17-33(28)41(31)36-19-7-6-18-35(36)38/h1-27H. The molecule has 0 aliphatic carbocycles. The molecule has 2 aromatic heterocycles. The Balaban J connectivity index is 1.21. The highest BCUT2D eigenvalue weighted by atomic mass is 16.3. The average molecular weight is 626 g/mol. The molecule has 2 heterocycles. The van der Waals surface area contributed by atoms with Gasteiger partial charge >= 0.3 is 0 Å². The first kappa shape index (κ1) is 27.5. The molecule has 4 heteroatoms. The smallest absolute Gasteiger partial charge is 0.164 e. The normalized spacial score (nSPS) is 11.7. The number of nitrogens with zero attached hydrogens (tertiary/aromatic N) is 3. The predicted octanol–water partition coefficient (Wildman–Crippen LogP) is 11.9. The molecule has 8 aromatic carbocycles. The second-order valence-corrected chi connectivity index (χ2v) is 12.4. The van der Waals surface area contributed by atoms with Gasteiger partial charge in [0.15, 0.2) is 17.5 Å². The van der Waals surface area contributed by atoms with Crippen molar-refractivity contribution >= 4 is 54.3 Å². The number of fused-ring (bicyclic) bond motifs is 8. The topological polar surface area (TPSA) is 51.8 Å². The summed E-state index contributed by atoms with van der Waals surface area (Å²) in [5.74, 6) is 1.90. The van der Waals surface area contributed by atoms with E-state index in [4.69, 9.17) is 19.4 Å². The van der Waals surface area contributed by atoms with Crippen LogP contribution in [0.25, 0.3) is 99.5 Å². The Labute approximate surface area is 282 Å². The Kier molecular flexibility index (Phi) is 6.15. The van der Waals surface area contributed by atoms with Crippen LogP contribution in [0.1, 0.15) is 0 Å². The lowest BCUT2D eigenvalue weighted by molar-refractivity contribution is 0.669. The minimum atomic E-state index is 0.623. The Morgan fingerprint density at radius 1 is 0.327 bits per heavy atom. The molecule has 10 rings (SSSR count). The third kappa shape index (κ3) is 4.49. The molecule has 0 saturated heterocycles. The first-order valence-corrected chi connectivity index (χ1v) is 16.4. The van der Waals surface area contributed by atoms with Gasteiger partial charge in [0.25, 0.3) is 0 Å². The minimum Gasteiger partial charge on any atom is -0.456 e. The number of furan rings is 1. The molecule has 0 bridgehead atoms. The van der Waals surface area contributed by atoms with Gasteiger partial charge < -0.3 is 4.42 Å². The maximum Gasteiger partial charge on any atom is 0.164 e. The molecule has 0 unspecified atom stereocenters. The van der Waals surface area contributed by atoms with Gasteiger partial charge in [-0.1, -0.05) is 140 Å². The first-order valence-electron chi connectivity index (χ1n) is 16.4. The molecule has 0 amide bonds. The second-order valence-electron chi connectivity index (χ2n) is 12.4. The molecule has 0 aliphatic heterocycles. The van der Waals surface area contributed by atoms with Gasteiger partial charge in [0, 0.05) is 27.5 Å². The van der Waals surface area contributed by atoms with E-state index in [0.29, 0.717) is 17.5 Å². The Morgan fingerprint density at radius 2 is 0.939 bits per heavy atom. The molecule has 4 nitrogen and oxygen atoms in total. The summed E-state index contributed by atoms with van der Waals surface area (Å²) in [4.78, 5) is 15.4. The Hall–Kier alpha value is -6.65. The quantitative estimate of drug-likeness (QED) is 0.183. The maximum absolute atomic E-state index is 6.22. The molecular formula is C45H27N3O. The van der Waals surface area contributed by atoms with E-state index in [9.17, 15) is 0 Å². The van der Waals surface area contributed by atoms with Crippen molar-refractivity contribution in [3.05, 3.63) is 164 Å². The molecular weight excluding hydrogens is 599 g/mol. The summed E-state index contributed by atoms with van der Waals surface area (Å²) < 4.78 is 6.22. The van der Waals surface area contributed by atoms with E-state index >= 15 is 0 Å². The number of benzene rings is 8. The van der Waals surface area contributed by atoms with Crippen molar-refractivity contribution in [2.45, 2.75) is 0 Å². The molecule has 0 radical (unpaired) electrons. The average Bonchev–Trinajstić information content (AvgIpc) is 3.57. The van der Waals surface area contributed by atoms with Gasteiger partial charge in [-0.2, -0.15) is 0 Å². The van der Waals surface area contributed by atoms with Gasteiger partial charge in [0.1, 0.15) is 11.2 Å². The van der Waals surface area contributed by atoms with Crippen LogP contribution < -0.4 is 0 Å². The number of hydrogen-bond acceptors (Lipinski definition) is 4. The summed E-state index contributed by atoms with van der Waals surface area (Å²) in [6.07, 6.45) is 0. The van der Waals surface area contributed by atoms with Crippen molar-refractivity contribution < 1.29 is 4.42 Å². The Morgan fingerprint density at radius 3 is 1.82 bits per heavy atom.